The summed E-state index contributed by atoms with van der Waals surface area (Å²) in [5, 5.41) is 15.7. The average molecular weight is 526 g/mol. The molecule has 2 aromatic rings. The molecule has 0 aromatic heterocycles. The van der Waals surface area contributed by atoms with E-state index in [0.717, 1.165) is 16.7 Å². The zero-order chi connectivity index (χ0) is 28.5. The summed E-state index contributed by atoms with van der Waals surface area (Å²) in [5.74, 6) is -1.07. The van der Waals surface area contributed by atoms with Gasteiger partial charge in [0.05, 0.1) is 6.61 Å². The first-order chi connectivity index (χ1) is 17.9. The van der Waals surface area contributed by atoms with E-state index in [4.69, 9.17) is 4.74 Å². The van der Waals surface area contributed by atoms with Crippen molar-refractivity contribution in [3.05, 3.63) is 70.8 Å². The maximum absolute atomic E-state index is 14.1. The van der Waals surface area contributed by atoms with Gasteiger partial charge < -0.3 is 25.4 Å². The Bertz CT molecular complexity index is 1060. The average Bonchev–Trinajstić information content (AvgIpc) is 2.86. The maximum atomic E-state index is 14.1. The van der Waals surface area contributed by atoms with Gasteiger partial charge in [0, 0.05) is 13.1 Å². The quantitative estimate of drug-likeness (QED) is 0.403. The lowest BCUT2D eigenvalue weighted by atomic mass is 9.92. The number of benzene rings is 2. The number of carbonyl (C=O) groups excluding carboxylic acids is 3. The highest BCUT2D eigenvalue weighted by Gasteiger charge is 2.38. The third-order valence-electron chi connectivity index (χ3n) is 6.46. The Morgan fingerprint density at radius 3 is 2.13 bits per heavy atom. The normalized spacial score (nSPS) is 13.7. The lowest BCUT2D eigenvalue weighted by Crippen LogP contribution is -2.55. The van der Waals surface area contributed by atoms with Gasteiger partial charge in [-0.15, -0.1) is 0 Å². The van der Waals surface area contributed by atoms with Crippen LogP contribution in [0.15, 0.2) is 48.5 Å². The molecule has 0 aliphatic heterocycles. The fraction of sp³-hybridized carbons (Fsp3) is 0.500. The molecule has 3 amide bonds. The maximum Gasteiger partial charge on any atom is 0.408 e. The second-order valence-corrected chi connectivity index (χ2v) is 10.7. The Hall–Kier alpha value is -3.39. The first kappa shape index (κ1) is 30.8. The number of rotatable bonds is 11. The number of aryl methyl sites for hydroxylation is 2. The highest BCUT2D eigenvalue weighted by Crippen LogP contribution is 2.29. The Labute approximate surface area is 226 Å². The van der Waals surface area contributed by atoms with Crippen LogP contribution in [0.5, 0.6) is 0 Å². The summed E-state index contributed by atoms with van der Waals surface area (Å²) in [6.45, 7) is 12.7. The van der Waals surface area contributed by atoms with Gasteiger partial charge >= 0.3 is 6.09 Å². The number of hydrogen-bond acceptors (Lipinski definition) is 5. The number of nitrogens with one attached hydrogen (secondary N) is 2. The molecule has 3 atom stereocenters. The molecule has 0 heterocycles. The first-order valence-corrected chi connectivity index (χ1v) is 13.2. The monoisotopic (exact) mass is 525 g/mol. The minimum Gasteiger partial charge on any atom is -0.444 e. The van der Waals surface area contributed by atoms with Gasteiger partial charge in [-0.1, -0.05) is 68.8 Å². The van der Waals surface area contributed by atoms with E-state index in [1.54, 1.807) is 20.8 Å². The van der Waals surface area contributed by atoms with Gasteiger partial charge in [0.1, 0.15) is 17.7 Å². The van der Waals surface area contributed by atoms with Crippen molar-refractivity contribution in [1.82, 2.24) is 15.5 Å². The second kappa shape index (κ2) is 14.0. The lowest BCUT2D eigenvalue weighted by molar-refractivity contribution is -0.144. The largest absolute Gasteiger partial charge is 0.444 e. The summed E-state index contributed by atoms with van der Waals surface area (Å²) in [4.78, 5) is 42.0. The minimum atomic E-state index is -1.01. The molecule has 3 unspecified atom stereocenters. The standard InChI is InChI=1S/C30H43N3O5/c1-8-20(2)25(32-29(37)38-30(5,6)7)28(36)33(17-18-34)26(24-21(3)13-12-14-22(24)4)27(35)31-19-23-15-10-9-11-16-23/h9-16,20,25-26,34H,8,17-19H2,1-7H3,(H,31,35)(H,32,37). The first-order valence-electron chi connectivity index (χ1n) is 13.2. The number of amides is 3. The Morgan fingerprint density at radius 2 is 1.61 bits per heavy atom. The number of carbonyl (C=O) groups is 3. The molecule has 0 saturated carbocycles. The smallest absolute Gasteiger partial charge is 0.408 e. The number of hydrogen-bond donors (Lipinski definition) is 3. The van der Waals surface area contributed by atoms with Crippen LogP contribution >= 0.6 is 0 Å². The number of ether oxygens (including phenoxy) is 1. The predicted molar refractivity (Wildman–Crippen MR) is 148 cm³/mol. The van der Waals surface area contributed by atoms with Crippen LogP contribution in [-0.2, 0) is 20.9 Å². The molecule has 208 valence electrons. The van der Waals surface area contributed by atoms with Gasteiger partial charge in [-0.25, -0.2) is 4.79 Å². The molecule has 0 spiro atoms. The topological polar surface area (TPSA) is 108 Å². The molecule has 0 saturated heterocycles. The van der Waals surface area contributed by atoms with Gasteiger partial charge in [0.25, 0.3) is 0 Å². The molecule has 0 aliphatic rings. The number of nitrogens with zero attached hydrogens (tertiary/aromatic N) is 1. The lowest BCUT2D eigenvalue weighted by Gasteiger charge is -2.36. The van der Waals surface area contributed by atoms with E-state index in [1.807, 2.05) is 76.2 Å². The molecular weight excluding hydrogens is 482 g/mol. The van der Waals surface area contributed by atoms with Crippen molar-refractivity contribution >= 4 is 17.9 Å². The molecule has 2 aromatic carbocycles. The van der Waals surface area contributed by atoms with E-state index in [2.05, 4.69) is 10.6 Å². The molecule has 38 heavy (non-hydrogen) atoms. The third kappa shape index (κ3) is 8.58. The van der Waals surface area contributed by atoms with Crippen LogP contribution in [0.3, 0.4) is 0 Å². The predicted octanol–water partition coefficient (Wildman–Crippen LogP) is 4.42. The van der Waals surface area contributed by atoms with E-state index in [9.17, 15) is 19.5 Å². The van der Waals surface area contributed by atoms with Crippen molar-refractivity contribution in [2.45, 2.75) is 79.1 Å². The molecular formula is C30H43N3O5. The van der Waals surface area contributed by atoms with Crippen LogP contribution in [0, 0.1) is 19.8 Å². The number of alkyl carbamates (subject to hydrolysis) is 1. The molecule has 0 radical (unpaired) electrons. The molecule has 8 heteroatoms. The van der Waals surface area contributed by atoms with Crippen LogP contribution in [0.2, 0.25) is 0 Å². The Balaban J connectivity index is 2.51. The summed E-state index contributed by atoms with van der Waals surface area (Å²) >= 11 is 0. The molecule has 0 fully saturated rings. The number of aliphatic hydroxyl groups is 1. The Morgan fingerprint density at radius 1 is 1.00 bits per heavy atom. The van der Waals surface area contributed by atoms with Gasteiger partial charge in [-0.05, 0) is 62.8 Å². The van der Waals surface area contributed by atoms with Crippen LogP contribution in [0.25, 0.3) is 0 Å². The van der Waals surface area contributed by atoms with Crippen molar-refractivity contribution < 1.29 is 24.2 Å². The van der Waals surface area contributed by atoms with Gasteiger partial charge in [-0.3, -0.25) is 9.59 Å². The van der Waals surface area contributed by atoms with Crippen molar-refractivity contribution in [2.75, 3.05) is 13.2 Å². The SMILES string of the molecule is CCC(C)C(NC(=O)OC(C)(C)C)C(=O)N(CCO)C(C(=O)NCc1ccccc1)c1c(C)cccc1C. The Kier molecular flexibility index (Phi) is 11.3. The second-order valence-electron chi connectivity index (χ2n) is 10.7. The summed E-state index contributed by atoms with van der Waals surface area (Å²) in [6, 6.07) is 13.2. The van der Waals surface area contributed by atoms with Gasteiger partial charge in [0.2, 0.25) is 11.8 Å². The highest BCUT2D eigenvalue weighted by molar-refractivity contribution is 5.92. The van der Waals surface area contributed by atoms with E-state index >= 15 is 0 Å². The minimum absolute atomic E-state index is 0.0844. The summed E-state index contributed by atoms with van der Waals surface area (Å²) in [5.41, 5.74) is 2.57. The van der Waals surface area contributed by atoms with Crippen molar-refractivity contribution in [1.29, 1.82) is 0 Å². The third-order valence-corrected chi connectivity index (χ3v) is 6.46. The van der Waals surface area contributed by atoms with E-state index in [-0.39, 0.29) is 31.5 Å². The van der Waals surface area contributed by atoms with Crippen LogP contribution in [0.1, 0.15) is 69.3 Å². The van der Waals surface area contributed by atoms with Gasteiger partial charge in [0.15, 0.2) is 0 Å². The van der Waals surface area contributed by atoms with Crippen molar-refractivity contribution in [3.8, 4) is 0 Å². The molecule has 0 aliphatic carbocycles. The van der Waals surface area contributed by atoms with E-state index in [1.165, 1.54) is 4.90 Å². The molecule has 2 rings (SSSR count). The van der Waals surface area contributed by atoms with Gasteiger partial charge in [-0.2, -0.15) is 0 Å². The zero-order valence-corrected chi connectivity index (χ0v) is 23.7. The zero-order valence-electron chi connectivity index (χ0n) is 23.7. The molecule has 8 nitrogen and oxygen atoms in total. The molecule has 0 bridgehead atoms. The summed E-state index contributed by atoms with van der Waals surface area (Å²) in [7, 11) is 0. The highest BCUT2D eigenvalue weighted by atomic mass is 16.6. The fourth-order valence-electron chi connectivity index (χ4n) is 4.34. The number of aliphatic hydroxyl groups excluding tert-OH is 1. The van der Waals surface area contributed by atoms with E-state index in [0.29, 0.717) is 12.0 Å². The van der Waals surface area contributed by atoms with Crippen molar-refractivity contribution in [2.24, 2.45) is 5.92 Å². The molecule has 3 N–H and O–H groups in total. The fourth-order valence-corrected chi connectivity index (χ4v) is 4.34. The van der Waals surface area contributed by atoms with E-state index < -0.39 is 29.7 Å². The summed E-state index contributed by atoms with van der Waals surface area (Å²) < 4.78 is 5.42. The van der Waals surface area contributed by atoms with Crippen LogP contribution < -0.4 is 10.6 Å². The summed E-state index contributed by atoms with van der Waals surface area (Å²) in [6.07, 6.45) is -0.106. The van der Waals surface area contributed by atoms with Crippen molar-refractivity contribution in [3.63, 3.8) is 0 Å². The van der Waals surface area contributed by atoms with Crippen LogP contribution in [0.4, 0.5) is 4.79 Å². The van der Waals surface area contributed by atoms with Crippen LogP contribution in [-0.4, -0.2) is 52.7 Å².